The van der Waals surface area contributed by atoms with E-state index in [0.717, 1.165) is 5.56 Å². The van der Waals surface area contributed by atoms with Gasteiger partial charge in [-0.3, -0.25) is 9.59 Å². The fraction of sp³-hybridized carbons (Fsp3) is 0.300. The van der Waals surface area contributed by atoms with Gasteiger partial charge in [0.15, 0.2) is 18.1 Å². The van der Waals surface area contributed by atoms with E-state index in [9.17, 15) is 9.59 Å². The number of benzene rings is 2. The van der Waals surface area contributed by atoms with Gasteiger partial charge in [0.2, 0.25) is 0 Å². The molecule has 3 rings (SSSR count). The average molecular weight is 405 g/mol. The Labute approximate surface area is 167 Å². The fourth-order valence-electron chi connectivity index (χ4n) is 2.96. The van der Waals surface area contributed by atoms with Gasteiger partial charge in [-0.25, -0.2) is 0 Å². The Hall–Kier alpha value is -2.77. The van der Waals surface area contributed by atoms with E-state index in [0.29, 0.717) is 41.8 Å². The van der Waals surface area contributed by atoms with E-state index < -0.39 is 5.91 Å². The van der Waals surface area contributed by atoms with Crippen molar-refractivity contribution in [3.05, 3.63) is 58.6 Å². The van der Waals surface area contributed by atoms with Gasteiger partial charge in [-0.1, -0.05) is 23.7 Å². The molecule has 148 valence electrons. The molecule has 0 saturated carbocycles. The van der Waals surface area contributed by atoms with Gasteiger partial charge in [0.05, 0.1) is 20.3 Å². The van der Waals surface area contributed by atoms with Crippen LogP contribution in [-0.2, 0) is 9.53 Å². The summed E-state index contributed by atoms with van der Waals surface area (Å²) < 4.78 is 16.4. The Balaban J connectivity index is 1.73. The number of carbonyl (C=O) groups is 2. The zero-order chi connectivity index (χ0) is 20.1. The van der Waals surface area contributed by atoms with Gasteiger partial charge in [-0.15, -0.1) is 0 Å². The second-order valence-corrected chi connectivity index (χ2v) is 6.72. The van der Waals surface area contributed by atoms with E-state index >= 15 is 0 Å². The number of ether oxygens (including phenoxy) is 3. The lowest BCUT2D eigenvalue weighted by molar-refractivity contribution is -0.119. The lowest BCUT2D eigenvalue weighted by Crippen LogP contribution is -2.42. The van der Waals surface area contributed by atoms with Crippen molar-refractivity contribution >= 4 is 23.4 Å². The second kappa shape index (κ2) is 8.95. The standard InChI is InChI=1S/C20H21ClN2O5/c1-26-17-10-14(4-7-16(17)28-12-19(22)24)20(25)23-8-9-27-18(11-23)13-2-5-15(21)6-3-13/h2-7,10,18H,8-9,11-12H2,1H3,(H2,22,24). The maximum absolute atomic E-state index is 13.0. The molecule has 1 unspecified atom stereocenters. The number of rotatable bonds is 6. The molecule has 1 fully saturated rings. The van der Waals surface area contributed by atoms with Crippen LogP contribution in [0.1, 0.15) is 22.0 Å². The summed E-state index contributed by atoms with van der Waals surface area (Å²) in [4.78, 5) is 25.6. The number of nitrogens with two attached hydrogens (primary N) is 1. The van der Waals surface area contributed by atoms with Crippen LogP contribution >= 0.6 is 11.6 Å². The molecule has 0 bridgehead atoms. The molecule has 8 heteroatoms. The molecule has 2 amide bonds. The molecular weight excluding hydrogens is 384 g/mol. The summed E-state index contributed by atoms with van der Waals surface area (Å²) in [6.07, 6.45) is -0.213. The van der Waals surface area contributed by atoms with Crippen LogP contribution in [0.4, 0.5) is 0 Å². The third-order valence-corrected chi connectivity index (χ3v) is 4.63. The molecule has 1 saturated heterocycles. The topological polar surface area (TPSA) is 91.1 Å². The predicted octanol–water partition coefficient (Wildman–Crippen LogP) is 2.43. The fourth-order valence-corrected chi connectivity index (χ4v) is 3.09. The smallest absolute Gasteiger partial charge is 0.255 e. The first kappa shape index (κ1) is 20.0. The van der Waals surface area contributed by atoms with Crippen molar-refractivity contribution in [2.75, 3.05) is 33.4 Å². The van der Waals surface area contributed by atoms with E-state index in [-0.39, 0.29) is 18.6 Å². The number of nitrogens with zero attached hydrogens (tertiary/aromatic N) is 1. The predicted molar refractivity (Wildman–Crippen MR) is 104 cm³/mol. The van der Waals surface area contributed by atoms with Gasteiger partial charge in [-0.05, 0) is 35.9 Å². The lowest BCUT2D eigenvalue weighted by atomic mass is 10.1. The minimum absolute atomic E-state index is 0.137. The summed E-state index contributed by atoms with van der Waals surface area (Å²) in [5.74, 6) is -0.0285. The van der Waals surface area contributed by atoms with Gasteiger partial charge in [0, 0.05) is 17.1 Å². The zero-order valence-electron chi connectivity index (χ0n) is 15.4. The highest BCUT2D eigenvalue weighted by atomic mass is 35.5. The van der Waals surface area contributed by atoms with Crippen molar-refractivity contribution in [1.82, 2.24) is 4.90 Å². The maximum atomic E-state index is 13.0. The second-order valence-electron chi connectivity index (χ2n) is 6.28. The molecular formula is C20H21ClN2O5. The van der Waals surface area contributed by atoms with E-state index in [1.165, 1.54) is 7.11 Å². The average Bonchev–Trinajstić information content (AvgIpc) is 2.72. The third kappa shape index (κ3) is 4.74. The highest BCUT2D eigenvalue weighted by Crippen LogP contribution is 2.30. The monoisotopic (exact) mass is 404 g/mol. The van der Waals surface area contributed by atoms with Gasteiger partial charge in [-0.2, -0.15) is 0 Å². The van der Waals surface area contributed by atoms with Gasteiger partial charge in [0.25, 0.3) is 11.8 Å². The summed E-state index contributed by atoms with van der Waals surface area (Å²) in [5, 5.41) is 0.651. The molecule has 7 nitrogen and oxygen atoms in total. The summed E-state index contributed by atoms with van der Waals surface area (Å²) >= 11 is 5.94. The van der Waals surface area contributed by atoms with E-state index in [1.54, 1.807) is 35.2 Å². The molecule has 2 N–H and O–H groups in total. The molecule has 1 atom stereocenters. The normalized spacial score (nSPS) is 16.5. The highest BCUT2D eigenvalue weighted by molar-refractivity contribution is 6.30. The van der Waals surface area contributed by atoms with Crippen molar-refractivity contribution in [2.24, 2.45) is 5.73 Å². The first-order chi connectivity index (χ1) is 13.5. The maximum Gasteiger partial charge on any atom is 0.255 e. The first-order valence-electron chi connectivity index (χ1n) is 8.73. The number of hydrogen-bond donors (Lipinski definition) is 1. The molecule has 1 aliphatic heterocycles. The molecule has 0 aliphatic carbocycles. The number of morpholine rings is 1. The Bertz CT molecular complexity index is 856. The summed E-state index contributed by atoms with van der Waals surface area (Å²) in [5.41, 5.74) is 6.52. The number of halogens is 1. The van der Waals surface area contributed by atoms with Gasteiger partial charge in [0.1, 0.15) is 6.10 Å². The largest absolute Gasteiger partial charge is 0.493 e. The Kier molecular flexibility index (Phi) is 6.38. The number of amides is 2. The van der Waals surface area contributed by atoms with Crippen LogP contribution in [0.25, 0.3) is 0 Å². The van der Waals surface area contributed by atoms with Crippen molar-refractivity contribution in [3.63, 3.8) is 0 Å². The van der Waals surface area contributed by atoms with Crippen LogP contribution in [0.15, 0.2) is 42.5 Å². The minimum Gasteiger partial charge on any atom is -0.493 e. The number of primary amides is 1. The van der Waals surface area contributed by atoms with E-state index in [4.69, 9.17) is 31.5 Å². The van der Waals surface area contributed by atoms with Crippen LogP contribution in [0, 0.1) is 0 Å². The van der Waals surface area contributed by atoms with Crippen LogP contribution < -0.4 is 15.2 Å². The van der Waals surface area contributed by atoms with Crippen molar-refractivity contribution in [3.8, 4) is 11.5 Å². The molecule has 2 aromatic carbocycles. The summed E-state index contributed by atoms with van der Waals surface area (Å²) in [6.45, 7) is 1.10. The SMILES string of the molecule is COc1cc(C(=O)N2CCOC(c3ccc(Cl)cc3)C2)ccc1OCC(N)=O. The Morgan fingerprint density at radius 2 is 1.96 bits per heavy atom. The molecule has 0 spiro atoms. The van der Waals surface area contributed by atoms with E-state index in [1.807, 2.05) is 12.1 Å². The molecule has 1 aliphatic rings. The quantitative estimate of drug-likeness (QED) is 0.798. The van der Waals surface area contributed by atoms with Crippen LogP contribution in [0.5, 0.6) is 11.5 Å². The van der Waals surface area contributed by atoms with Crippen LogP contribution in [0.3, 0.4) is 0 Å². The molecule has 0 aromatic heterocycles. The zero-order valence-corrected chi connectivity index (χ0v) is 16.1. The summed E-state index contributed by atoms with van der Waals surface area (Å²) in [6, 6.07) is 12.2. The molecule has 1 heterocycles. The molecule has 2 aromatic rings. The number of hydrogen-bond acceptors (Lipinski definition) is 5. The van der Waals surface area contributed by atoms with Crippen molar-refractivity contribution in [2.45, 2.75) is 6.10 Å². The number of methoxy groups -OCH3 is 1. The Morgan fingerprint density at radius 3 is 2.64 bits per heavy atom. The minimum atomic E-state index is -0.594. The third-order valence-electron chi connectivity index (χ3n) is 4.38. The first-order valence-corrected chi connectivity index (χ1v) is 9.11. The highest BCUT2D eigenvalue weighted by Gasteiger charge is 2.26. The van der Waals surface area contributed by atoms with Gasteiger partial charge >= 0.3 is 0 Å². The molecule has 0 radical (unpaired) electrons. The summed E-state index contributed by atoms with van der Waals surface area (Å²) in [7, 11) is 1.46. The number of carbonyl (C=O) groups excluding carboxylic acids is 2. The van der Waals surface area contributed by atoms with E-state index in [2.05, 4.69) is 0 Å². The lowest BCUT2D eigenvalue weighted by Gasteiger charge is -2.33. The van der Waals surface area contributed by atoms with Gasteiger partial charge < -0.3 is 24.8 Å². The van der Waals surface area contributed by atoms with Crippen molar-refractivity contribution in [1.29, 1.82) is 0 Å². The Morgan fingerprint density at radius 1 is 1.21 bits per heavy atom. The van der Waals surface area contributed by atoms with Crippen LogP contribution in [-0.4, -0.2) is 50.1 Å². The van der Waals surface area contributed by atoms with Crippen molar-refractivity contribution < 1.29 is 23.8 Å². The molecule has 28 heavy (non-hydrogen) atoms. The van der Waals surface area contributed by atoms with Crippen LogP contribution in [0.2, 0.25) is 5.02 Å².